The van der Waals surface area contributed by atoms with Gasteiger partial charge in [-0.05, 0) is 25.7 Å². The number of nitrogens with zero attached hydrogens (tertiary/aromatic N) is 5. The summed E-state index contributed by atoms with van der Waals surface area (Å²) in [4.78, 5) is 19.1. The highest BCUT2D eigenvalue weighted by molar-refractivity contribution is 7.99. The number of guanidine groups is 1. The molecule has 1 saturated carbocycles. The predicted molar refractivity (Wildman–Crippen MR) is 114 cm³/mol. The van der Waals surface area contributed by atoms with Gasteiger partial charge in [-0.25, -0.2) is 0 Å². The van der Waals surface area contributed by atoms with Crippen molar-refractivity contribution in [1.82, 2.24) is 30.3 Å². The molecule has 28 heavy (non-hydrogen) atoms. The van der Waals surface area contributed by atoms with Gasteiger partial charge in [0.15, 0.2) is 5.96 Å². The molecule has 9 heteroatoms. The fourth-order valence-electron chi connectivity index (χ4n) is 3.95. The topological polar surface area (TPSA) is 87.4 Å². The van der Waals surface area contributed by atoms with Gasteiger partial charge in [0.05, 0.1) is 0 Å². The van der Waals surface area contributed by atoms with E-state index in [4.69, 9.17) is 0 Å². The molecule has 0 radical (unpaired) electrons. The van der Waals surface area contributed by atoms with Crippen LogP contribution in [0.25, 0.3) is 0 Å². The average Bonchev–Trinajstić information content (AvgIpc) is 3.21. The Morgan fingerprint density at radius 3 is 2.71 bits per heavy atom. The van der Waals surface area contributed by atoms with Crippen LogP contribution in [0.3, 0.4) is 0 Å². The van der Waals surface area contributed by atoms with Crippen molar-refractivity contribution >= 4 is 23.6 Å². The van der Waals surface area contributed by atoms with Crippen LogP contribution in [-0.2, 0) is 17.8 Å². The molecule has 2 aliphatic rings. The van der Waals surface area contributed by atoms with Crippen LogP contribution in [0.2, 0.25) is 0 Å². The molecule has 2 N–H and O–H groups in total. The second-order valence-corrected chi connectivity index (χ2v) is 8.65. The van der Waals surface area contributed by atoms with Crippen LogP contribution < -0.4 is 10.6 Å². The lowest BCUT2D eigenvalue weighted by atomic mass is 9.85. The van der Waals surface area contributed by atoms with E-state index in [-0.39, 0.29) is 5.92 Å². The molecule has 8 nitrogen and oxygen atoms in total. The Labute approximate surface area is 171 Å². The van der Waals surface area contributed by atoms with Gasteiger partial charge in [0.1, 0.15) is 12.2 Å². The van der Waals surface area contributed by atoms with Gasteiger partial charge in [-0.2, -0.15) is 11.8 Å². The number of thioether (sulfide) groups is 1. The molecule has 1 saturated heterocycles. The molecule has 1 amide bonds. The molecule has 1 aromatic rings. The third-order valence-corrected chi connectivity index (χ3v) is 6.56. The molecular formula is C19H33N7OS. The minimum atomic E-state index is 0.206. The summed E-state index contributed by atoms with van der Waals surface area (Å²) in [6, 6.07) is 0.383. The fraction of sp³-hybridized carbons (Fsp3) is 0.789. The average molecular weight is 408 g/mol. The highest BCUT2D eigenvalue weighted by Crippen LogP contribution is 2.27. The maximum absolute atomic E-state index is 12.7. The predicted octanol–water partition coefficient (Wildman–Crippen LogP) is 1.14. The van der Waals surface area contributed by atoms with Gasteiger partial charge in [0.25, 0.3) is 0 Å². The van der Waals surface area contributed by atoms with Crippen LogP contribution >= 0.6 is 11.8 Å². The van der Waals surface area contributed by atoms with E-state index in [9.17, 15) is 4.79 Å². The first-order valence-corrected chi connectivity index (χ1v) is 11.6. The Morgan fingerprint density at radius 2 is 2.04 bits per heavy atom. The number of amides is 1. The lowest BCUT2D eigenvalue weighted by molar-refractivity contribution is -0.136. The largest absolute Gasteiger partial charge is 0.355 e. The van der Waals surface area contributed by atoms with Gasteiger partial charge < -0.3 is 20.1 Å². The maximum Gasteiger partial charge on any atom is 0.225 e. The number of hydrogen-bond acceptors (Lipinski definition) is 5. The summed E-state index contributed by atoms with van der Waals surface area (Å²) >= 11 is 1.95. The first-order valence-electron chi connectivity index (χ1n) is 10.4. The second kappa shape index (κ2) is 10.7. The van der Waals surface area contributed by atoms with E-state index in [1.807, 2.05) is 11.8 Å². The molecule has 1 aliphatic carbocycles. The van der Waals surface area contributed by atoms with E-state index in [0.29, 0.717) is 11.9 Å². The van der Waals surface area contributed by atoms with Crippen LogP contribution in [0.15, 0.2) is 11.3 Å². The standard InChI is InChI=1S/C19H33N7OS/c1-3-17-24-22-14-26(17)9-8-21-19(20-2)23-16-6-4-15(5-7-16)18(27)25-10-12-28-13-11-25/h14-16H,3-13H2,1-2H3,(H2,20,21,23). The number of rotatable bonds is 6. The van der Waals surface area contributed by atoms with E-state index in [1.54, 1.807) is 13.4 Å². The lowest BCUT2D eigenvalue weighted by Crippen LogP contribution is -2.47. The molecule has 0 aromatic carbocycles. The monoisotopic (exact) mass is 407 g/mol. The number of hydrogen-bond donors (Lipinski definition) is 2. The third-order valence-electron chi connectivity index (χ3n) is 5.62. The van der Waals surface area contributed by atoms with Gasteiger partial charge >= 0.3 is 0 Å². The number of carbonyl (C=O) groups excluding carboxylic acids is 1. The normalized spacial score (nSPS) is 23.5. The van der Waals surface area contributed by atoms with Crippen LogP contribution in [-0.4, -0.2) is 75.8 Å². The summed E-state index contributed by atoms with van der Waals surface area (Å²) in [6.07, 6.45) is 6.63. The molecule has 1 aromatic heterocycles. The van der Waals surface area contributed by atoms with Crippen LogP contribution in [0.4, 0.5) is 0 Å². The minimum absolute atomic E-state index is 0.206. The summed E-state index contributed by atoms with van der Waals surface area (Å²) < 4.78 is 2.07. The summed E-state index contributed by atoms with van der Waals surface area (Å²) in [5, 5.41) is 15.0. The summed E-state index contributed by atoms with van der Waals surface area (Å²) in [5.74, 6) is 4.58. The number of aliphatic imine (C=N–C) groups is 1. The number of nitrogens with one attached hydrogen (secondary N) is 2. The Kier molecular flexibility index (Phi) is 8.00. The molecule has 0 unspecified atom stereocenters. The Hall–Kier alpha value is -1.77. The van der Waals surface area contributed by atoms with Crippen molar-refractivity contribution in [2.24, 2.45) is 10.9 Å². The van der Waals surface area contributed by atoms with E-state index in [0.717, 1.165) is 81.6 Å². The van der Waals surface area contributed by atoms with Crippen molar-refractivity contribution in [2.75, 3.05) is 38.2 Å². The molecular weight excluding hydrogens is 374 g/mol. The Morgan fingerprint density at radius 1 is 1.29 bits per heavy atom. The van der Waals surface area contributed by atoms with Gasteiger partial charge in [0.2, 0.25) is 5.91 Å². The molecule has 156 valence electrons. The second-order valence-electron chi connectivity index (χ2n) is 7.42. The zero-order valence-corrected chi connectivity index (χ0v) is 17.9. The SMILES string of the molecule is CCc1nncn1CCNC(=NC)NC1CCC(C(=O)N2CCSCC2)CC1. The van der Waals surface area contributed by atoms with Gasteiger partial charge in [-0.15, -0.1) is 10.2 Å². The molecule has 2 heterocycles. The molecule has 0 atom stereocenters. The van der Waals surface area contributed by atoms with Crippen LogP contribution in [0, 0.1) is 5.92 Å². The van der Waals surface area contributed by atoms with Crippen molar-refractivity contribution in [3.05, 3.63) is 12.2 Å². The summed E-state index contributed by atoms with van der Waals surface area (Å²) in [7, 11) is 1.80. The molecule has 0 spiro atoms. The molecule has 2 fully saturated rings. The zero-order chi connectivity index (χ0) is 19.8. The number of aromatic nitrogens is 3. The van der Waals surface area contributed by atoms with Crippen molar-refractivity contribution in [2.45, 2.75) is 51.6 Å². The van der Waals surface area contributed by atoms with Crippen LogP contribution in [0.1, 0.15) is 38.4 Å². The van der Waals surface area contributed by atoms with E-state index < -0.39 is 0 Å². The van der Waals surface area contributed by atoms with E-state index >= 15 is 0 Å². The zero-order valence-electron chi connectivity index (χ0n) is 17.1. The lowest BCUT2D eigenvalue weighted by Gasteiger charge is -2.34. The molecule has 1 aliphatic heterocycles. The third kappa shape index (κ3) is 5.62. The molecule has 0 bridgehead atoms. The van der Waals surface area contributed by atoms with Crippen molar-refractivity contribution in [1.29, 1.82) is 0 Å². The Balaban J connectivity index is 1.38. The quantitative estimate of drug-likeness (QED) is 0.543. The molecule has 3 rings (SSSR count). The highest BCUT2D eigenvalue weighted by atomic mass is 32.2. The highest BCUT2D eigenvalue weighted by Gasteiger charge is 2.30. The van der Waals surface area contributed by atoms with Crippen molar-refractivity contribution in [3.63, 3.8) is 0 Å². The van der Waals surface area contributed by atoms with Gasteiger partial charge in [-0.3, -0.25) is 9.79 Å². The smallest absolute Gasteiger partial charge is 0.225 e. The maximum atomic E-state index is 12.7. The van der Waals surface area contributed by atoms with Gasteiger partial charge in [-0.1, -0.05) is 6.92 Å². The summed E-state index contributed by atoms with van der Waals surface area (Å²) in [6.45, 7) is 5.51. The van der Waals surface area contributed by atoms with E-state index in [1.165, 1.54) is 0 Å². The minimum Gasteiger partial charge on any atom is -0.355 e. The number of carbonyl (C=O) groups is 1. The van der Waals surface area contributed by atoms with Crippen molar-refractivity contribution < 1.29 is 4.79 Å². The number of aryl methyl sites for hydroxylation is 1. The first kappa shape index (κ1) is 21.0. The Bertz CT molecular complexity index is 648. The summed E-state index contributed by atoms with van der Waals surface area (Å²) in [5.41, 5.74) is 0. The van der Waals surface area contributed by atoms with Crippen molar-refractivity contribution in [3.8, 4) is 0 Å². The van der Waals surface area contributed by atoms with Crippen LogP contribution in [0.5, 0.6) is 0 Å². The first-order chi connectivity index (χ1) is 13.7. The van der Waals surface area contributed by atoms with E-state index in [2.05, 4.69) is 42.2 Å². The van der Waals surface area contributed by atoms with Gasteiger partial charge in [0, 0.05) is 63.1 Å². The fourth-order valence-corrected chi connectivity index (χ4v) is 4.85.